The molecule has 0 aliphatic rings. The molecule has 4 aromatic rings. The molecular weight excluding hydrogens is 354 g/mol. The number of ether oxygens (including phenoxy) is 1. The van der Waals surface area contributed by atoms with Gasteiger partial charge in [0.1, 0.15) is 5.75 Å². The summed E-state index contributed by atoms with van der Waals surface area (Å²) < 4.78 is 7.76. The van der Waals surface area contributed by atoms with Gasteiger partial charge in [0.05, 0.1) is 18.5 Å². The highest BCUT2D eigenvalue weighted by Crippen LogP contribution is 2.32. The number of rotatable bonds is 5. The molecule has 0 aliphatic heterocycles. The Hall–Kier alpha value is -2.71. The van der Waals surface area contributed by atoms with E-state index in [1.54, 1.807) is 23.1 Å². The number of hydrogen-bond donors (Lipinski definition) is 0. The normalized spacial score (nSPS) is 10.8. The van der Waals surface area contributed by atoms with Crippen molar-refractivity contribution in [3.8, 4) is 22.7 Å². The molecule has 8 heteroatoms. The molecular formula is C17H13N5OS2. The Bertz CT molecular complexity index is 966. The Morgan fingerprint density at radius 2 is 1.84 bits per heavy atom. The van der Waals surface area contributed by atoms with Crippen LogP contribution in [0.15, 0.2) is 69.5 Å². The summed E-state index contributed by atoms with van der Waals surface area (Å²) in [7, 11) is 1.64. The Labute approximate surface area is 152 Å². The molecule has 2 aromatic heterocycles. The van der Waals surface area contributed by atoms with Crippen LogP contribution in [0.1, 0.15) is 0 Å². The third kappa shape index (κ3) is 3.40. The summed E-state index contributed by atoms with van der Waals surface area (Å²) in [6, 6.07) is 17.7. The Morgan fingerprint density at radius 3 is 2.60 bits per heavy atom. The van der Waals surface area contributed by atoms with Crippen LogP contribution < -0.4 is 4.74 Å². The molecule has 2 aromatic carbocycles. The predicted molar refractivity (Wildman–Crippen MR) is 97.4 cm³/mol. The number of tetrazole rings is 1. The lowest BCUT2D eigenvalue weighted by Gasteiger charge is -2.04. The van der Waals surface area contributed by atoms with Crippen molar-refractivity contribution in [1.29, 1.82) is 0 Å². The van der Waals surface area contributed by atoms with E-state index in [0.717, 1.165) is 27.0 Å². The molecule has 0 radical (unpaired) electrons. The van der Waals surface area contributed by atoms with Crippen molar-refractivity contribution in [2.45, 2.75) is 9.50 Å². The summed E-state index contributed by atoms with van der Waals surface area (Å²) in [6.07, 6.45) is 0. The van der Waals surface area contributed by atoms with Gasteiger partial charge in [0, 0.05) is 10.9 Å². The Kier molecular flexibility index (Phi) is 4.45. The highest BCUT2D eigenvalue weighted by atomic mass is 32.2. The van der Waals surface area contributed by atoms with E-state index in [1.165, 1.54) is 11.8 Å². The number of methoxy groups -OCH3 is 1. The summed E-state index contributed by atoms with van der Waals surface area (Å²) in [6.45, 7) is 0. The minimum absolute atomic E-state index is 0.666. The quantitative estimate of drug-likeness (QED) is 0.532. The first-order chi connectivity index (χ1) is 12.3. The van der Waals surface area contributed by atoms with Gasteiger partial charge in [-0.2, -0.15) is 4.68 Å². The van der Waals surface area contributed by atoms with Crippen LogP contribution in [0.2, 0.25) is 0 Å². The molecule has 0 amide bonds. The monoisotopic (exact) mass is 367 g/mol. The van der Waals surface area contributed by atoms with E-state index in [2.05, 4.69) is 20.5 Å². The van der Waals surface area contributed by atoms with Gasteiger partial charge in [-0.05, 0) is 46.5 Å². The van der Waals surface area contributed by atoms with E-state index < -0.39 is 0 Å². The van der Waals surface area contributed by atoms with Gasteiger partial charge in [-0.15, -0.1) is 16.4 Å². The van der Waals surface area contributed by atoms with Crippen LogP contribution >= 0.6 is 23.1 Å². The van der Waals surface area contributed by atoms with Crippen molar-refractivity contribution in [3.63, 3.8) is 0 Å². The number of aromatic nitrogens is 5. The van der Waals surface area contributed by atoms with Crippen LogP contribution in [-0.4, -0.2) is 32.3 Å². The first kappa shape index (κ1) is 15.8. The second kappa shape index (κ2) is 7.04. The highest BCUT2D eigenvalue weighted by Gasteiger charge is 2.13. The van der Waals surface area contributed by atoms with Crippen molar-refractivity contribution < 1.29 is 4.74 Å². The summed E-state index contributed by atoms with van der Waals surface area (Å²) in [4.78, 5) is 4.67. The van der Waals surface area contributed by atoms with Crippen LogP contribution in [0, 0.1) is 0 Å². The van der Waals surface area contributed by atoms with E-state index >= 15 is 0 Å². The molecule has 4 rings (SSSR count). The molecule has 2 heterocycles. The zero-order valence-corrected chi connectivity index (χ0v) is 14.9. The topological polar surface area (TPSA) is 65.7 Å². The fourth-order valence-electron chi connectivity index (χ4n) is 2.25. The van der Waals surface area contributed by atoms with Gasteiger partial charge in [0.25, 0.3) is 0 Å². The SMILES string of the molecule is COc1ccc(-n2nnnc2Sc2nc(-c3ccccc3)cs2)cc1. The van der Waals surface area contributed by atoms with Gasteiger partial charge in [-0.3, -0.25) is 0 Å². The van der Waals surface area contributed by atoms with Gasteiger partial charge in [0.2, 0.25) is 5.16 Å². The van der Waals surface area contributed by atoms with Gasteiger partial charge in [-0.1, -0.05) is 30.3 Å². The zero-order chi connectivity index (χ0) is 17.1. The molecule has 0 bridgehead atoms. The number of benzene rings is 2. The number of hydrogen-bond acceptors (Lipinski definition) is 7. The van der Waals surface area contributed by atoms with Gasteiger partial charge in [-0.25, -0.2) is 4.98 Å². The third-order valence-electron chi connectivity index (χ3n) is 3.49. The molecule has 6 nitrogen and oxygen atoms in total. The van der Waals surface area contributed by atoms with Crippen LogP contribution in [0.3, 0.4) is 0 Å². The molecule has 0 saturated carbocycles. The van der Waals surface area contributed by atoms with Crippen LogP contribution in [0.25, 0.3) is 16.9 Å². The zero-order valence-electron chi connectivity index (χ0n) is 13.2. The Morgan fingerprint density at radius 1 is 1.04 bits per heavy atom. The molecule has 0 N–H and O–H groups in total. The summed E-state index contributed by atoms with van der Waals surface area (Å²) in [5.74, 6) is 0.790. The second-order valence-corrected chi connectivity index (χ2v) is 7.11. The smallest absolute Gasteiger partial charge is 0.221 e. The lowest BCUT2D eigenvalue weighted by atomic mass is 10.2. The lowest BCUT2D eigenvalue weighted by molar-refractivity contribution is 0.414. The largest absolute Gasteiger partial charge is 0.497 e. The van der Waals surface area contributed by atoms with E-state index in [0.29, 0.717) is 5.16 Å². The van der Waals surface area contributed by atoms with Gasteiger partial charge in [0.15, 0.2) is 4.34 Å². The summed E-state index contributed by atoms with van der Waals surface area (Å²) in [5, 5.41) is 14.7. The van der Waals surface area contributed by atoms with E-state index in [9.17, 15) is 0 Å². The van der Waals surface area contributed by atoms with Crippen molar-refractivity contribution in [2.24, 2.45) is 0 Å². The highest BCUT2D eigenvalue weighted by molar-refractivity contribution is 8.00. The van der Waals surface area contributed by atoms with E-state index in [-0.39, 0.29) is 0 Å². The predicted octanol–water partition coefficient (Wildman–Crippen LogP) is 3.95. The molecule has 124 valence electrons. The number of nitrogens with zero attached hydrogens (tertiary/aromatic N) is 5. The molecule has 0 spiro atoms. The first-order valence-corrected chi connectivity index (χ1v) is 9.15. The fourth-order valence-corrected chi connectivity index (χ4v) is 3.97. The van der Waals surface area contributed by atoms with E-state index in [4.69, 9.17) is 4.74 Å². The molecule has 0 saturated heterocycles. The Balaban J connectivity index is 1.58. The van der Waals surface area contributed by atoms with Crippen LogP contribution in [0.5, 0.6) is 5.75 Å². The second-order valence-electron chi connectivity index (χ2n) is 5.04. The molecule has 25 heavy (non-hydrogen) atoms. The average molecular weight is 367 g/mol. The third-order valence-corrected chi connectivity index (χ3v) is 5.36. The molecule has 0 fully saturated rings. The van der Waals surface area contributed by atoms with Crippen molar-refractivity contribution in [1.82, 2.24) is 25.2 Å². The van der Waals surface area contributed by atoms with Crippen LogP contribution in [-0.2, 0) is 0 Å². The van der Waals surface area contributed by atoms with Gasteiger partial charge >= 0.3 is 0 Å². The summed E-state index contributed by atoms with van der Waals surface area (Å²) in [5.41, 5.74) is 2.92. The fraction of sp³-hybridized carbons (Fsp3) is 0.0588. The van der Waals surface area contributed by atoms with Crippen molar-refractivity contribution in [3.05, 3.63) is 60.0 Å². The minimum atomic E-state index is 0.666. The lowest BCUT2D eigenvalue weighted by Crippen LogP contribution is -1.98. The van der Waals surface area contributed by atoms with Crippen molar-refractivity contribution >= 4 is 23.1 Å². The van der Waals surface area contributed by atoms with Crippen molar-refractivity contribution in [2.75, 3.05) is 7.11 Å². The van der Waals surface area contributed by atoms with E-state index in [1.807, 2.05) is 60.0 Å². The molecule has 0 unspecified atom stereocenters. The number of thiazole rings is 1. The molecule has 0 atom stereocenters. The standard InChI is InChI=1S/C17H13N5OS2/c1-23-14-9-7-13(8-10-14)22-16(19-20-21-22)25-17-18-15(11-24-17)12-5-3-2-4-6-12/h2-11H,1H3. The molecule has 0 aliphatic carbocycles. The summed E-state index contributed by atoms with van der Waals surface area (Å²) >= 11 is 3.02. The van der Waals surface area contributed by atoms with Crippen LogP contribution in [0.4, 0.5) is 0 Å². The maximum absolute atomic E-state index is 5.18. The maximum Gasteiger partial charge on any atom is 0.221 e. The average Bonchev–Trinajstić information content (AvgIpc) is 3.33. The minimum Gasteiger partial charge on any atom is -0.497 e. The first-order valence-electron chi connectivity index (χ1n) is 7.45. The van der Waals surface area contributed by atoms with Gasteiger partial charge < -0.3 is 4.74 Å². The maximum atomic E-state index is 5.18.